The predicted molar refractivity (Wildman–Crippen MR) is 56.7 cm³/mol. The maximum atomic E-state index is 11.9. The Kier molecular flexibility index (Phi) is 5.86. The summed E-state index contributed by atoms with van der Waals surface area (Å²) in [6.45, 7) is 9.68. The van der Waals surface area contributed by atoms with Crippen LogP contribution in [0.5, 0.6) is 0 Å². The Morgan fingerprint density at radius 1 is 1.27 bits per heavy atom. The van der Waals surface area contributed by atoms with Gasteiger partial charge >= 0.3 is 13.6 Å². The summed E-state index contributed by atoms with van der Waals surface area (Å²) in [6.07, 6.45) is 2.66. The molecule has 0 aliphatic rings. The molecule has 0 heterocycles. The number of rotatable bonds is 8. The van der Waals surface area contributed by atoms with Crippen molar-refractivity contribution in [2.24, 2.45) is 0 Å². The van der Waals surface area contributed by atoms with Gasteiger partial charge in [-0.15, -0.1) is 13.2 Å². The van der Waals surface area contributed by atoms with E-state index in [1.165, 1.54) is 12.2 Å². The van der Waals surface area contributed by atoms with E-state index in [4.69, 9.17) is 14.2 Å². The van der Waals surface area contributed by atoms with Gasteiger partial charge in [-0.05, 0) is 0 Å². The van der Waals surface area contributed by atoms with Crippen LogP contribution in [0.1, 0.15) is 0 Å². The van der Waals surface area contributed by atoms with Crippen molar-refractivity contribution in [3.63, 3.8) is 0 Å². The molecule has 0 atom stereocenters. The van der Waals surface area contributed by atoms with Crippen LogP contribution in [0, 0.1) is 0 Å². The fourth-order valence-electron chi connectivity index (χ4n) is 0.612. The van der Waals surface area contributed by atoms with Gasteiger partial charge in [0.05, 0.1) is 13.2 Å². The number of hydrogen-bond donors (Lipinski definition) is 1. The first-order chi connectivity index (χ1) is 6.98. The summed E-state index contributed by atoms with van der Waals surface area (Å²) < 4.78 is 21.4. The van der Waals surface area contributed by atoms with Gasteiger partial charge in [-0.1, -0.05) is 18.7 Å². The maximum Gasteiger partial charge on any atom is 0.368 e. The molecule has 15 heavy (non-hydrogen) atoms. The van der Waals surface area contributed by atoms with Crippen molar-refractivity contribution in [2.75, 3.05) is 13.2 Å². The summed E-state index contributed by atoms with van der Waals surface area (Å²) in [5.41, 5.74) is 0. The van der Waals surface area contributed by atoms with Gasteiger partial charge in [-0.3, -0.25) is 4.57 Å². The van der Waals surface area contributed by atoms with Crippen molar-refractivity contribution in [1.82, 2.24) is 0 Å². The van der Waals surface area contributed by atoms with Crippen molar-refractivity contribution in [3.8, 4) is 0 Å². The van der Waals surface area contributed by atoms with Gasteiger partial charge in [0.15, 0.2) is 0 Å². The van der Waals surface area contributed by atoms with Gasteiger partial charge in [0.1, 0.15) is 5.31 Å². The Morgan fingerprint density at radius 2 is 1.67 bits per heavy atom. The van der Waals surface area contributed by atoms with Gasteiger partial charge in [0, 0.05) is 0 Å². The van der Waals surface area contributed by atoms with Crippen LogP contribution in [-0.2, 0) is 18.4 Å². The lowest BCUT2D eigenvalue weighted by Gasteiger charge is -2.16. The average molecular weight is 232 g/mol. The third-order valence-corrected chi connectivity index (χ3v) is 3.13. The van der Waals surface area contributed by atoms with E-state index >= 15 is 0 Å². The zero-order chi connectivity index (χ0) is 11.9. The minimum absolute atomic E-state index is 0.0826. The molecular weight excluding hydrogens is 219 g/mol. The standard InChI is InChI=1S/C9H13O5P/c1-4-6-13-15(12,14-7-5-2)8(3)9(10)11/h4-5H,1-3,6-7H2,(H,10,11). The molecule has 0 spiro atoms. The molecule has 0 saturated carbocycles. The van der Waals surface area contributed by atoms with Crippen molar-refractivity contribution in [3.05, 3.63) is 37.2 Å². The number of carbonyl (C=O) groups is 1. The minimum Gasteiger partial charge on any atom is -0.477 e. The third-order valence-electron chi connectivity index (χ3n) is 1.30. The zero-order valence-electron chi connectivity index (χ0n) is 8.22. The van der Waals surface area contributed by atoms with Crippen LogP contribution < -0.4 is 0 Å². The van der Waals surface area contributed by atoms with Crippen molar-refractivity contribution in [1.29, 1.82) is 0 Å². The van der Waals surface area contributed by atoms with Crippen molar-refractivity contribution in [2.45, 2.75) is 0 Å². The lowest BCUT2D eigenvalue weighted by atomic mass is 10.7. The summed E-state index contributed by atoms with van der Waals surface area (Å²) in [5.74, 6) is -1.42. The second kappa shape index (κ2) is 6.35. The molecule has 0 aromatic carbocycles. The van der Waals surface area contributed by atoms with Crippen LogP contribution in [0.15, 0.2) is 37.2 Å². The van der Waals surface area contributed by atoms with Gasteiger partial charge in [0.2, 0.25) is 0 Å². The van der Waals surface area contributed by atoms with Crippen LogP contribution in [0.3, 0.4) is 0 Å². The zero-order valence-corrected chi connectivity index (χ0v) is 9.11. The van der Waals surface area contributed by atoms with E-state index in [1.807, 2.05) is 0 Å². The van der Waals surface area contributed by atoms with Crippen LogP contribution in [0.2, 0.25) is 0 Å². The fraction of sp³-hybridized carbons (Fsp3) is 0.222. The lowest BCUT2D eigenvalue weighted by molar-refractivity contribution is -0.132. The summed E-state index contributed by atoms with van der Waals surface area (Å²) in [5, 5.41) is 8.03. The molecule has 0 radical (unpaired) electrons. The summed E-state index contributed by atoms with van der Waals surface area (Å²) >= 11 is 0. The molecule has 0 bridgehead atoms. The Hall–Kier alpha value is -1.16. The molecule has 0 amide bonds. The normalized spacial score (nSPS) is 10.7. The fourth-order valence-corrected chi connectivity index (χ4v) is 1.84. The predicted octanol–water partition coefficient (Wildman–Crippen LogP) is 2.18. The molecule has 0 aromatic rings. The third kappa shape index (κ3) is 4.25. The van der Waals surface area contributed by atoms with Gasteiger partial charge in [-0.25, -0.2) is 4.79 Å². The number of aliphatic carboxylic acids is 1. The quantitative estimate of drug-likeness (QED) is 0.394. The van der Waals surface area contributed by atoms with E-state index in [0.29, 0.717) is 0 Å². The monoisotopic (exact) mass is 232 g/mol. The van der Waals surface area contributed by atoms with E-state index in [1.54, 1.807) is 0 Å². The second-order valence-electron chi connectivity index (χ2n) is 2.42. The highest BCUT2D eigenvalue weighted by atomic mass is 31.2. The first-order valence-electron chi connectivity index (χ1n) is 4.01. The van der Waals surface area contributed by atoms with Crippen LogP contribution in [-0.4, -0.2) is 24.3 Å². The Morgan fingerprint density at radius 3 is 1.93 bits per heavy atom. The molecule has 0 aliphatic carbocycles. The Bertz CT molecular complexity index is 304. The van der Waals surface area contributed by atoms with E-state index in [9.17, 15) is 9.36 Å². The van der Waals surface area contributed by atoms with E-state index in [-0.39, 0.29) is 13.2 Å². The summed E-state index contributed by atoms with van der Waals surface area (Å²) in [6, 6.07) is 0. The molecule has 0 aromatic heterocycles. The molecule has 5 nitrogen and oxygen atoms in total. The molecular formula is C9H13O5P. The maximum absolute atomic E-state index is 11.9. The molecule has 0 aliphatic heterocycles. The van der Waals surface area contributed by atoms with Crippen LogP contribution in [0.25, 0.3) is 0 Å². The topological polar surface area (TPSA) is 72.8 Å². The molecule has 0 unspecified atom stereocenters. The van der Waals surface area contributed by atoms with Crippen molar-refractivity contribution < 1.29 is 23.5 Å². The molecule has 0 rings (SSSR count). The highest BCUT2D eigenvalue weighted by Gasteiger charge is 2.33. The van der Waals surface area contributed by atoms with Crippen molar-refractivity contribution >= 4 is 13.6 Å². The first kappa shape index (κ1) is 13.8. The summed E-state index contributed by atoms with van der Waals surface area (Å²) in [4.78, 5) is 10.6. The smallest absolute Gasteiger partial charge is 0.368 e. The average Bonchev–Trinajstić information content (AvgIpc) is 2.22. The van der Waals surface area contributed by atoms with Crippen LogP contribution in [0.4, 0.5) is 0 Å². The first-order valence-corrected chi connectivity index (χ1v) is 5.56. The largest absolute Gasteiger partial charge is 0.477 e. The molecule has 84 valence electrons. The highest BCUT2D eigenvalue weighted by molar-refractivity contribution is 7.59. The summed E-state index contributed by atoms with van der Waals surface area (Å²) in [7, 11) is -3.84. The van der Waals surface area contributed by atoms with E-state index in [2.05, 4.69) is 19.7 Å². The Balaban J connectivity index is 4.75. The number of hydrogen-bond acceptors (Lipinski definition) is 4. The van der Waals surface area contributed by atoms with Gasteiger partial charge < -0.3 is 14.2 Å². The van der Waals surface area contributed by atoms with Gasteiger partial charge in [0.25, 0.3) is 0 Å². The lowest BCUT2D eigenvalue weighted by Crippen LogP contribution is -2.06. The number of carboxylic acid groups (broad SMARTS) is 1. The van der Waals surface area contributed by atoms with Gasteiger partial charge in [-0.2, -0.15) is 0 Å². The molecule has 0 saturated heterocycles. The van der Waals surface area contributed by atoms with E-state index < -0.39 is 18.9 Å². The number of carboxylic acids is 1. The molecule has 6 heteroatoms. The second-order valence-corrected chi connectivity index (χ2v) is 4.47. The molecule has 1 N–H and O–H groups in total. The SMILES string of the molecule is C=CCOP(=O)(OCC=C)C(=C)C(=O)O. The molecule has 0 fully saturated rings. The minimum atomic E-state index is -3.84. The van der Waals surface area contributed by atoms with Crippen LogP contribution >= 0.6 is 7.60 Å². The highest BCUT2D eigenvalue weighted by Crippen LogP contribution is 2.55. The Labute approximate surface area is 88.2 Å². The van der Waals surface area contributed by atoms with E-state index in [0.717, 1.165) is 0 Å².